The maximum Gasteiger partial charge on any atom is 0.338 e. The molecule has 0 aromatic heterocycles. The molecular weight excluding hydrogens is 512 g/mol. The van der Waals surface area contributed by atoms with E-state index in [1.165, 1.54) is 29.2 Å². The van der Waals surface area contributed by atoms with Gasteiger partial charge in [0.1, 0.15) is 0 Å². The van der Waals surface area contributed by atoms with Crippen molar-refractivity contribution in [2.45, 2.75) is 13.3 Å². The Morgan fingerprint density at radius 3 is 2.55 bits per heavy atom. The minimum atomic E-state index is -0.698. The molecule has 1 heterocycles. The summed E-state index contributed by atoms with van der Waals surface area (Å²) in [6.45, 7) is 1.45. The predicted octanol–water partition coefficient (Wildman–Crippen LogP) is 4.60. The quantitative estimate of drug-likeness (QED) is 0.346. The second-order valence-corrected chi connectivity index (χ2v) is 9.23. The van der Waals surface area contributed by atoms with E-state index in [2.05, 4.69) is 21.2 Å². The number of allylic oxidation sites excluding steroid dienone is 2. The van der Waals surface area contributed by atoms with E-state index < -0.39 is 18.5 Å². The van der Waals surface area contributed by atoms with Crippen LogP contribution in [0.1, 0.15) is 23.7 Å². The van der Waals surface area contributed by atoms with Gasteiger partial charge in [-0.3, -0.25) is 19.3 Å². The SMILES string of the molecule is C[C@@H]1C=CC[C@@H]2C(=O)N(c3ccc(C(=O)OCC(=O)Nc4ccc(Br)c(Cl)c4)cc3)C(=O)[C@H]12. The number of esters is 1. The molecule has 0 bridgehead atoms. The van der Waals surface area contributed by atoms with Crippen LogP contribution in [0.4, 0.5) is 11.4 Å². The first-order valence-electron chi connectivity index (χ1n) is 10.3. The van der Waals surface area contributed by atoms with Crippen molar-refractivity contribution in [2.75, 3.05) is 16.8 Å². The molecule has 2 aliphatic rings. The van der Waals surface area contributed by atoms with E-state index >= 15 is 0 Å². The van der Waals surface area contributed by atoms with Crippen LogP contribution in [-0.4, -0.2) is 30.3 Å². The van der Waals surface area contributed by atoms with E-state index in [-0.39, 0.29) is 35.1 Å². The van der Waals surface area contributed by atoms with Gasteiger partial charge in [0.25, 0.3) is 5.91 Å². The third-order valence-electron chi connectivity index (χ3n) is 5.77. The molecule has 170 valence electrons. The molecule has 1 saturated heterocycles. The minimum Gasteiger partial charge on any atom is -0.452 e. The minimum absolute atomic E-state index is 0.000896. The van der Waals surface area contributed by atoms with Crippen molar-refractivity contribution in [2.24, 2.45) is 17.8 Å². The fraction of sp³-hybridized carbons (Fsp3) is 0.250. The molecular formula is C24H20BrClN2O5. The topological polar surface area (TPSA) is 92.8 Å². The number of imide groups is 1. The molecule has 0 saturated carbocycles. The van der Waals surface area contributed by atoms with Crippen LogP contribution in [0.25, 0.3) is 0 Å². The Kier molecular flexibility index (Phi) is 6.67. The Morgan fingerprint density at radius 2 is 1.88 bits per heavy atom. The molecule has 9 heteroatoms. The first-order chi connectivity index (χ1) is 15.8. The number of hydrogen-bond donors (Lipinski definition) is 1. The Morgan fingerprint density at radius 1 is 1.15 bits per heavy atom. The number of fused-ring (bicyclic) bond motifs is 1. The number of amides is 3. The van der Waals surface area contributed by atoms with E-state index in [4.69, 9.17) is 16.3 Å². The number of anilines is 2. The molecule has 0 radical (unpaired) electrons. The highest BCUT2D eigenvalue weighted by Crippen LogP contribution is 2.40. The van der Waals surface area contributed by atoms with Crippen molar-refractivity contribution >= 4 is 62.6 Å². The van der Waals surface area contributed by atoms with Gasteiger partial charge in [0.2, 0.25) is 11.8 Å². The lowest BCUT2D eigenvalue weighted by molar-refractivity contribution is -0.123. The fourth-order valence-corrected chi connectivity index (χ4v) is 4.56. The highest BCUT2D eigenvalue weighted by Gasteiger charge is 2.50. The van der Waals surface area contributed by atoms with Crippen LogP contribution in [0.15, 0.2) is 59.1 Å². The number of hydrogen-bond acceptors (Lipinski definition) is 5. The molecule has 1 aliphatic heterocycles. The van der Waals surface area contributed by atoms with Crippen molar-refractivity contribution in [3.63, 3.8) is 0 Å². The molecule has 0 spiro atoms. The van der Waals surface area contributed by atoms with Crippen LogP contribution in [0.3, 0.4) is 0 Å². The van der Waals surface area contributed by atoms with Crippen LogP contribution in [0, 0.1) is 17.8 Å². The highest BCUT2D eigenvalue weighted by atomic mass is 79.9. The fourth-order valence-electron chi connectivity index (χ4n) is 4.13. The summed E-state index contributed by atoms with van der Waals surface area (Å²) in [7, 11) is 0. The van der Waals surface area contributed by atoms with Gasteiger partial charge in [-0.2, -0.15) is 0 Å². The molecule has 33 heavy (non-hydrogen) atoms. The second-order valence-electron chi connectivity index (χ2n) is 7.97. The third kappa shape index (κ3) is 4.72. The molecule has 1 N–H and O–H groups in total. The summed E-state index contributed by atoms with van der Waals surface area (Å²) in [5, 5.41) is 3.03. The maximum atomic E-state index is 12.9. The van der Waals surface area contributed by atoms with E-state index in [0.29, 0.717) is 27.3 Å². The molecule has 1 fully saturated rings. The van der Waals surface area contributed by atoms with Crippen LogP contribution in [0.5, 0.6) is 0 Å². The molecule has 3 amide bonds. The van der Waals surface area contributed by atoms with Gasteiger partial charge in [-0.1, -0.05) is 30.7 Å². The molecule has 4 rings (SSSR count). The number of rotatable bonds is 5. The molecule has 3 atom stereocenters. The van der Waals surface area contributed by atoms with Gasteiger partial charge in [0.15, 0.2) is 6.61 Å². The van der Waals surface area contributed by atoms with Crippen molar-refractivity contribution in [1.29, 1.82) is 0 Å². The number of carbonyl (C=O) groups excluding carboxylic acids is 4. The maximum absolute atomic E-state index is 12.9. The molecule has 2 aromatic carbocycles. The Balaban J connectivity index is 1.36. The number of carbonyl (C=O) groups is 4. The van der Waals surface area contributed by atoms with Gasteiger partial charge in [0, 0.05) is 10.2 Å². The lowest BCUT2D eigenvalue weighted by Gasteiger charge is -2.22. The summed E-state index contributed by atoms with van der Waals surface area (Å²) in [4.78, 5) is 51.3. The Labute approximate surface area is 203 Å². The van der Waals surface area contributed by atoms with Crippen LogP contribution >= 0.6 is 27.5 Å². The first kappa shape index (κ1) is 23.2. The summed E-state index contributed by atoms with van der Waals surface area (Å²) in [6, 6.07) is 10.9. The van der Waals surface area contributed by atoms with Gasteiger partial charge < -0.3 is 10.1 Å². The lowest BCUT2D eigenvalue weighted by atomic mass is 9.78. The lowest BCUT2D eigenvalue weighted by Crippen LogP contribution is -2.31. The standard InChI is InChI=1S/C24H20BrClN2O5/c1-13-3-2-4-17-21(13)23(31)28(22(17)30)16-8-5-14(6-9-16)24(32)33-12-20(29)27-15-7-10-18(25)19(26)11-15/h2-3,5-11,13,17,21H,4,12H2,1H3,(H,27,29)/t13-,17+,21-/m1/s1. The Hall–Kier alpha value is -2.97. The molecule has 1 aliphatic carbocycles. The second kappa shape index (κ2) is 9.49. The summed E-state index contributed by atoms with van der Waals surface area (Å²) in [5.74, 6) is -2.36. The van der Waals surface area contributed by atoms with Gasteiger partial charge in [-0.05, 0) is 70.7 Å². The molecule has 0 unspecified atom stereocenters. The number of nitrogens with one attached hydrogen (secondary N) is 1. The zero-order valence-corrected chi connectivity index (χ0v) is 19.9. The van der Waals surface area contributed by atoms with Gasteiger partial charge in [-0.25, -0.2) is 4.79 Å². The Bertz CT molecular complexity index is 1160. The van der Waals surface area contributed by atoms with E-state index in [1.807, 2.05) is 19.1 Å². The smallest absolute Gasteiger partial charge is 0.338 e. The van der Waals surface area contributed by atoms with Crippen molar-refractivity contribution in [1.82, 2.24) is 0 Å². The number of benzene rings is 2. The van der Waals surface area contributed by atoms with Gasteiger partial charge in [0.05, 0.1) is 28.1 Å². The largest absolute Gasteiger partial charge is 0.452 e. The summed E-state index contributed by atoms with van der Waals surface area (Å²) in [6.07, 6.45) is 4.46. The van der Waals surface area contributed by atoms with Gasteiger partial charge >= 0.3 is 5.97 Å². The van der Waals surface area contributed by atoms with Crippen molar-refractivity contribution < 1.29 is 23.9 Å². The summed E-state index contributed by atoms with van der Waals surface area (Å²) < 4.78 is 5.76. The van der Waals surface area contributed by atoms with E-state index in [9.17, 15) is 19.2 Å². The van der Waals surface area contributed by atoms with Crippen molar-refractivity contribution in [3.05, 3.63) is 69.7 Å². The normalized spacial score (nSPS) is 21.7. The first-order valence-corrected chi connectivity index (χ1v) is 11.5. The number of ether oxygens (including phenoxy) is 1. The average Bonchev–Trinajstić information content (AvgIpc) is 3.06. The summed E-state index contributed by atoms with van der Waals surface area (Å²) >= 11 is 9.26. The molecule has 7 nitrogen and oxygen atoms in total. The third-order valence-corrected chi connectivity index (χ3v) is 7.00. The average molecular weight is 532 g/mol. The van der Waals surface area contributed by atoms with Crippen LogP contribution in [-0.2, 0) is 19.1 Å². The van der Waals surface area contributed by atoms with Crippen LogP contribution in [0.2, 0.25) is 5.02 Å². The monoisotopic (exact) mass is 530 g/mol. The molecule has 2 aromatic rings. The van der Waals surface area contributed by atoms with Gasteiger partial charge in [-0.15, -0.1) is 0 Å². The number of halogens is 2. The van der Waals surface area contributed by atoms with Crippen molar-refractivity contribution in [3.8, 4) is 0 Å². The highest BCUT2D eigenvalue weighted by molar-refractivity contribution is 9.10. The number of nitrogens with zero attached hydrogens (tertiary/aromatic N) is 1. The van der Waals surface area contributed by atoms with Crippen LogP contribution < -0.4 is 10.2 Å². The zero-order valence-electron chi connectivity index (χ0n) is 17.6. The zero-order chi connectivity index (χ0) is 23.7. The van der Waals surface area contributed by atoms with E-state index in [0.717, 1.165) is 0 Å². The summed E-state index contributed by atoms with van der Waals surface area (Å²) in [5.41, 5.74) is 1.08. The van der Waals surface area contributed by atoms with E-state index in [1.54, 1.807) is 18.2 Å². The predicted molar refractivity (Wildman–Crippen MR) is 127 cm³/mol.